The quantitative estimate of drug-likeness (QED) is 0.741. The monoisotopic (exact) mass is 192 g/mol. The van der Waals surface area contributed by atoms with Crippen molar-refractivity contribution in [3.05, 3.63) is 30.1 Å². The Balaban J connectivity index is 1.67. The van der Waals surface area contributed by atoms with Gasteiger partial charge in [0.05, 0.1) is 18.3 Å². The van der Waals surface area contributed by atoms with Gasteiger partial charge in [-0.25, -0.2) is 0 Å². The van der Waals surface area contributed by atoms with Crippen LogP contribution in [0, 0.1) is 0 Å². The van der Waals surface area contributed by atoms with Crippen molar-refractivity contribution in [3.63, 3.8) is 0 Å². The van der Waals surface area contributed by atoms with E-state index in [9.17, 15) is 0 Å². The van der Waals surface area contributed by atoms with E-state index in [-0.39, 0.29) is 0 Å². The zero-order valence-corrected chi connectivity index (χ0v) is 8.28. The van der Waals surface area contributed by atoms with Gasteiger partial charge in [-0.05, 0) is 25.0 Å². The average Bonchev–Trinajstić information content (AvgIpc) is 2.72. The fourth-order valence-electron chi connectivity index (χ4n) is 1.74. The largest absolute Gasteiger partial charge is 0.298 e. The SMILES string of the molecule is c1ccc(CNOC2CCCC2)nc1. The maximum Gasteiger partial charge on any atom is 0.0790 e. The lowest BCUT2D eigenvalue weighted by molar-refractivity contribution is -0.0248. The van der Waals surface area contributed by atoms with Gasteiger partial charge in [0.15, 0.2) is 0 Å². The summed E-state index contributed by atoms with van der Waals surface area (Å²) in [6, 6.07) is 5.89. The van der Waals surface area contributed by atoms with Gasteiger partial charge in [0.1, 0.15) is 0 Å². The van der Waals surface area contributed by atoms with Gasteiger partial charge in [0.2, 0.25) is 0 Å². The summed E-state index contributed by atoms with van der Waals surface area (Å²) < 4.78 is 0. The number of nitrogens with one attached hydrogen (secondary N) is 1. The molecule has 0 saturated heterocycles. The molecule has 76 valence electrons. The molecule has 3 nitrogen and oxygen atoms in total. The summed E-state index contributed by atoms with van der Waals surface area (Å²) in [5.74, 6) is 0. The van der Waals surface area contributed by atoms with E-state index >= 15 is 0 Å². The van der Waals surface area contributed by atoms with Crippen LogP contribution in [-0.2, 0) is 11.4 Å². The van der Waals surface area contributed by atoms with Crippen LogP contribution in [0.25, 0.3) is 0 Å². The van der Waals surface area contributed by atoms with Gasteiger partial charge < -0.3 is 0 Å². The fraction of sp³-hybridized carbons (Fsp3) is 0.545. The Morgan fingerprint density at radius 1 is 1.36 bits per heavy atom. The second-order valence-corrected chi connectivity index (χ2v) is 3.67. The third-order valence-electron chi connectivity index (χ3n) is 2.53. The maximum absolute atomic E-state index is 5.52. The van der Waals surface area contributed by atoms with Gasteiger partial charge >= 0.3 is 0 Å². The van der Waals surface area contributed by atoms with Crippen molar-refractivity contribution < 1.29 is 4.84 Å². The van der Waals surface area contributed by atoms with E-state index in [1.807, 2.05) is 18.2 Å². The van der Waals surface area contributed by atoms with Gasteiger partial charge in [-0.3, -0.25) is 9.82 Å². The molecule has 2 rings (SSSR count). The summed E-state index contributed by atoms with van der Waals surface area (Å²) in [6.07, 6.45) is 7.20. The molecule has 1 N–H and O–H groups in total. The standard InChI is InChI=1S/C11H16N2O/c1-2-7-11(6-1)14-13-9-10-5-3-4-8-12-10/h3-5,8,11,13H,1-2,6-7,9H2. The fourth-order valence-corrected chi connectivity index (χ4v) is 1.74. The van der Waals surface area contributed by atoms with Crippen molar-refractivity contribution >= 4 is 0 Å². The number of nitrogens with zero attached hydrogens (tertiary/aromatic N) is 1. The number of rotatable bonds is 4. The molecule has 0 radical (unpaired) electrons. The van der Waals surface area contributed by atoms with Crippen LogP contribution in [0.4, 0.5) is 0 Å². The first-order chi connectivity index (χ1) is 6.95. The lowest BCUT2D eigenvalue weighted by Crippen LogP contribution is -2.21. The minimum absolute atomic E-state index is 0.415. The summed E-state index contributed by atoms with van der Waals surface area (Å²) in [6.45, 7) is 0.692. The highest BCUT2D eigenvalue weighted by Gasteiger charge is 2.15. The Labute approximate surface area is 84.5 Å². The van der Waals surface area contributed by atoms with Gasteiger partial charge in [-0.2, -0.15) is 5.48 Å². The molecule has 0 atom stereocenters. The average molecular weight is 192 g/mol. The predicted octanol–water partition coefficient (Wildman–Crippen LogP) is 2.05. The van der Waals surface area contributed by atoms with Gasteiger partial charge in [-0.15, -0.1) is 0 Å². The van der Waals surface area contributed by atoms with Crippen LogP contribution >= 0.6 is 0 Å². The Bertz CT molecular complexity index is 257. The Morgan fingerprint density at radius 3 is 2.93 bits per heavy atom. The van der Waals surface area contributed by atoms with Gasteiger partial charge in [-0.1, -0.05) is 18.9 Å². The van der Waals surface area contributed by atoms with Crippen LogP contribution in [0.15, 0.2) is 24.4 Å². The lowest BCUT2D eigenvalue weighted by atomic mass is 10.3. The highest BCUT2D eigenvalue weighted by Crippen LogP contribution is 2.19. The van der Waals surface area contributed by atoms with Crippen LogP contribution in [0.3, 0.4) is 0 Å². The predicted molar refractivity (Wildman–Crippen MR) is 54.4 cm³/mol. The second kappa shape index (κ2) is 5.08. The van der Waals surface area contributed by atoms with E-state index < -0.39 is 0 Å². The van der Waals surface area contributed by atoms with Crippen molar-refractivity contribution in [1.82, 2.24) is 10.5 Å². The van der Waals surface area contributed by atoms with Gasteiger partial charge in [0, 0.05) is 6.20 Å². The smallest absolute Gasteiger partial charge is 0.0790 e. The molecule has 1 aliphatic rings. The third-order valence-corrected chi connectivity index (χ3v) is 2.53. The highest BCUT2D eigenvalue weighted by atomic mass is 16.7. The first-order valence-corrected chi connectivity index (χ1v) is 5.23. The van der Waals surface area contributed by atoms with Crippen molar-refractivity contribution in [2.75, 3.05) is 0 Å². The second-order valence-electron chi connectivity index (χ2n) is 3.67. The van der Waals surface area contributed by atoms with Crippen LogP contribution in [0.5, 0.6) is 0 Å². The third kappa shape index (κ3) is 2.79. The molecule has 1 aliphatic carbocycles. The number of aromatic nitrogens is 1. The highest BCUT2D eigenvalue weighted by molar-refractivity contribution is 5.02. The van der Waals surface area contributed by atoms with Crippen molar-refractivity contribution in [1.29, 1.82) is 0 Å². The van der Waals surface area contributed by atoms with Crippen molar-refractivity contribution in [2.24, 2.45) is 0 Å². The summed E-state index contributed by atoms with van der Waals surface area (Å²) in [7, 11) is 0. The molecule has 0 unspecified atom stereocenters. The molecular formula is C11H16N2O. The summed E-state index contributed by atoms with van der Waals surface area (Å²) in [5.41, 5.74) is 4.00. The number of hydrogen-bond donors (Lipinski definition) is 1. The Morgan fingerprint density at radius 2 is 2.21 bits per heavy atom. The Hall–Kier alpha value is -0.930. The molecule has 14 heavy (non-hydrogen) atoms. The van der Waals surface area contributed by atoms with E-state index in [0.717, 1.165) is 5.69 Å². The van der Waals surface area contributed by atoms with E-state index in [4.69, 9.17) is 4.84 Å². The van der Waals surface area contributed by atoms with Gasteiger partial charge in [0.25, 0.3) is 0 Å². The summed E-state index contributed by atoms with van der Waals surface area (Å²) in [4.78, 5) is 9.72. The van der Waals surface area contributed by atoms with Crippen LogP contribution < -0.4 is 5.48 Å². The molecule has 3 heteroatoms. The molecule has 1 saturated carbocycles. The summed E-state index contributed by atoms with van der Waals surface area (Å²) >= 11 is 0. The van der Waals surface area contributed by atoms with E-state index in [1.165, 1.54) is 25.7 Å². The molecule has 1 fully saturated rings. The maximum atomic E-state index is 5.52. The zero-order valence-electron chi connectivity index (χ0n) is 8.28. The number of pyridine rings is 1. The lowest BCUT2D eigenvalue weighted by Gasteiger charge is -2.10. The molecule has 1 aromatic rings. The first kappa shape index (κ1) is 9.62. The van der Waals surface area contributed by atoms with Crippen molar-refractivity contribution in [3.8, 4) is 0 Å². The first-order valence-electron chi connectivity index (χ1n) is 5.23. The molecule has 0 bridgehead atoms. The number of hydrogen-bond acceptors (Lipinski definition) is 3. The van der Waals surface area contributed by atoms with E-state index in [1.54, 1.807) is 6.20 Å². The molecule has 0 spiro atoms. The Kier molecular flexibility index (Phi) is 3.49. The molecule has 0 aliphatic heterocycles. The molecule has 1 heterocycles. The topological polar surface area (TPSA) is 34.1 Å². The molecule has 0 amide bonds. The van der Waals surface area contributed by atoms with Crippen LogP contribution in [-0.4, -0.2) is 11.1 Å². The van der Waals surface area contributed by atoms with E-state index in [0.29, 0.717) is 12.6 Å². The summed E-state index contributed by atoms with van der Waals surface area (Å²) in [5, 5.41) is 0. The molecule has 0 aromatic carbocycles. The van der Waals surface area contributed by atoms with Crippen LogP contribution in [0.2, 0.25) is 0 Å². The van der Waals surface area contributed by atoms with Crippen molar-refractivity contribution in [2.45, 2.75) is 38.3 Å². The zero-order chi connectivity index (χ0) is 9.64. The molecule has 1 aromatic heterocycles. The number of hydroxylamine groups is 1. The van der Waals surface area contributed by atoms with E-state index in [2.05, 4.69) is 10.5 Å². The minimum Gasteiger partial charge on any atom is -0.298 e. The van der Waals surface area contributed by atoms with Crippen LogP contribution in [0.1, 0.15) is 31.4 Å². The minimum atomic E-state index is 0.415. The normalized spacial score (nSPS) is 17.4. The molecular weight excluding hydrogens is 176 g/mol.